The van der Waals surface area contributed by atoms with Crippen LogP contribution in [0, 0.1) is 5.82 Å². The maximum atomic E-state index is 13.8. The van der Waals surface area contributed by atoms with Crippen molar-refractivity contribution in [2.45, 2.75) is 5.60 Å². The Morgan fingerprint density at radius 3 is 2.67 bits per heavy atom. The third kappa shape index (κ3) is 1.58. The number of aliphatic hydroxyl groups is 1. The lowest BCUT2D eigenvalue weighted by Gasteiger charge is -2.37. The molecule has 0 saturated carbocycles. The maximum absolute atomic E-state index is 13.8. The summed E-state index contributed by atoms with van der Waals surface area (Å²) in [6.07, 6.45) is 0. The Bertz CT molecular complexity index is 390. The Morgan fingerprint density at radius 1 is 1.53 bits per heavy atom. The molecule has 0 unspecified atom stereocenters. The summed E-state index contributed by atoms with van der Waals surface area (Å²) in [6.45, 7) is 0.184. The van der Waals surface area contributed by atoms with Crippen LogP contribution in [-0.4, -0.2) is 25.4 Å². The first-order chi connectivity index (χ1) is 7.08. The van der Waals surface area contributed by atoms with Crippen molar-refractivity contribution in [1.82, 2.24) is 0 Å². The molecule has 82 valence electrons. The normalized spacial score (nSPS) is 18.4. The van der Waals surface area contributed by atoms with Gasteiger partial charge in [-0.1, -0.05) is 17.7 Å². The molecular formula is C10H10ClFO3. The smallest absolute Gasteiger partial charge is 0.173 e. The summed E-state index contributed by atoms with van der Waals surface area (Å²) in [6, 6.07) is 2.94. The SMILES string of the molecule is COc1c(Cl)ccc(C2(O)COC2)c1F. The molecule has 0 amide bonds. The van der Waals surface area contributed by atoms with Gasteiger partial charge in [-0.3, -0.25) is 0 Å². The molecule has 15 heavy (non-hydrogen) atoms. The molecule has 0 spiro atoms. The van der Waals surface area contributed by atoms with Crippen LogP contribution in [0.4, 0.5) is 4.39 Å². The second-order valence-electron chi connectivity index (χ2n) is 3.47. The van der Waals surface area contributed by atoms with Crippen molar-refractivity contribution in [3.05, 3.63) is 28.5 Å². The molecule has 0 atom stereocenters. The van der Waals surface area contributed by atoms with E-state index < -0.39 is 11.4 Å². The fourth-order valence-corrected chi connectivity index (χ4v) is 1.75. The predicted molar refractivity (Wildman–Crippen MR) is 52.7 cm³/mol. The molecule has 2 rings (SSSR count). The second kappa shape index (κ2) is 3.63. The van der Waals surface area contributed by atoms with E-state index in [4.69, 9.17) is 21.1 Å². The van der Waals surface area contributed by atoms with E-state index in [0.717, 1.165) is 0 Å². The van der Waals surface area contributed by atoms with Gasteiger partial charge in [0, 0.05) is 5.56 Å². The minimum Gasteiger partial charge on any atom is -0.492 e. The molecule has 1 fully saturated rings. The Hall–Kier alpha value is -0.840. The molecule has 1 aliphatic heterocycles. The zero-order chi connectivity index (χ0) is 11.1. The molecule has 5 heteroatoms. The molecule has 1 aromatic rings. The Morgan fingerprint density at radius 2 is 2.20 bits per heavy atom. The van der Waals surface area contributed by atoms with E-state index in [-0.39, 0.29) is 29.5 Å². The highest BCUT2D eigenvalue weighted by atomic mass is 35.5. The fraction of sp³-hybridized carbons (Fsp3) is 0.400. The number of halogens is 2. The molecule has 0 aromatic heterocycles. The maximum Gasteiger partial charge on any atom is 0.173 e. The number of hydrogen-bond donors (Lipinski definition) is 1. The molecule has 1 aliphatic rings. The van der Waals surface area contributed by atoms with E-state index in [9.17, 15) is 9.50 Å². The summed E-state index contributed by atoms with van der Waals surface area (Å²) in [4.78, 5) is 0. The largest absolute Gasteiger partial charge is 0.492 e. The van der Waals surface area contributed by atoms with Gasteiger partial charge in [0.1, 0.15) is 5.60 Å². The van der Waals surface area contributed by atoms with Crippen molar-refractivity contribution in [1.29, 1.82) is 0 Å². The summed E-state index contributed by atoms with van der Waals surface area (Å²) < 4.78 is 23.5. The van der Waals surface area contributed by atoms with Crippen molar-refractivity contribution in [2.75, 3.05) is 20.3 Å². The molecule has 0 bridgehead atoms. The van der Waals surface area contributed by atoms with Crippen LogP contribution in [0.25, 0.3) is 0 Å². The molecule has 0 radical (unpaired) electrons. The van der Waals surface area contributed by atoms with Crippen LogP contribution in [0.5, 0.6) is 5.75 Å². The second-order valence-corrected chi connectivity index (χ2v) is 3.87. The monoisotopic (exact) mass is 232 g/mol. The summed E-state index contributed by atoms with van der Waals surface area (Å²) >= 11 is 5.74. The van der Waals surface area contributed by atoms with Gasteiger partial charge in [0.2, 0.25) is 0 Å². The first-order valence-corrected chi connectivity index (χ1v) is 4.79. The quantitative estimate of drug-likeness (QED) is 0.844. The van der Waals surface area contributed by atoms with Crippen LogP contribution in [-0.2, 0) is 10.3 Å². The van der Waals surface area contributed by atoms with E-state index >= 15 is 0 Å². The number of hydrogen-bond acceptors (Lipinski definition) is 3. The Balaban J connectivity index is 2.49. The average molecular weight is 233 g/mol. The molecule has 3 nitrogen and oxygen atoms in total. The van der Waals surface area contributed by atoms with Crippen molar-refractivity contribution < 1.29 is 19.0 Å². The highest BCUT2D eigenvalue weighted by Crippen LogP contribution is 2.37. The minimum atomic E-state index is -1.25. The lowest BCUT2D eigenvalue weighted by atomic mass is 9.91. The zero-order valence-corrected chi connectivity index (χ0v) is 8.84. The van der Waals surface area contributed by atoms with E-state index in [2.05, 4.69) is 0 Å². The van der Waals surface area contributed by atoms with Gasteiger partial charge in [-0.05, 0) is 6.07 Å². The van der Waals surface area contributed by atoms with Gasteiger partial charge in [0.05, 0.1) is 25.3 Å². The molecule has 1 N–H and O–H groups in total. The lowest BCUT2D eigenvalue weighted by molar-refractivity contribution is -0.186. The van der Waals surface area contributed by atoms with Gasteiger partial charge in [0.15, 0.2) is 11.6 Å². The molecule has 1 aromatic carbocycles. The van der Waals surface area contributed by atoms with Crippen LogP contribution in [0.3, 0.4) is 0 Å². The first-order valence-electron chi connectivity index (χ1n) is 4.41. The van der Waals surface area contributed by atoms with Crippen LogP contribution in [0.2, 0.25) is 5.02 Å². The third-order valence-electron chi connectivity index (χ3n) is 2.44. The first kappa shape index (κ1) is 10.7. The molecule has 0 aliphatic carbocycles. The molecule has 1 saturated heterocycles. The fourth-order valence-electron chi connectivity index (χ4n) is 1.53. The van der Waals surface area contributed by atoms with Crippen LogP contribution < -0.4 is 4.74 Å². The minimum absolute atomic E-state index is 0.0468. The number of ether oxygens (including phenoxy) is 2. The van der Waals surface area contributed by atoms with Crippen molar-refractivity contribution in [3.63, 3.8) is 0 Å². The van der Waals surface area contributed by atoms with Gasteiger partial charge >= 0.3 is 0 Å². The van der Waals surface area contributed by atoms with Crippen LogP contribution >= 0.6 is 11.6 Å². The van der Waals surface area contributed by atoms with E-state index in [1.165, 1.54) is 19.2 Å². The number of benzene rings is 1. The van der Waals surface area contributed by atoms with Crippen molar-refractivity contribution >= 4 is 11.6 Å². The summed E-state index contributed by atoms with van der Waals surface area (Å²) in [7, 11) is 1.33. The van der Waals surface area contributed by atoms with Crippen LogP contribution in [0.1, 0.15) is 5.56 Å². The third-order valence-corrected chi connectivity index (χ3v) is 2.73. The van der Waals surface area contributed by atoms with Crippen molar-refractivity contribution in [2.24, 2.45) is 0 Å². The van der Waals surface area contributed by atoms with Gasteiger partial charge < -0.3 is 14.6 Å². The highest BCUT2D eigenvalue weighted by Gasteiger charge is 2.41. The predicted octanol–water partition coefficient (Wildman–Crippen LogP) is 1.71. The van der Waals surface area contributed by atoms with Gasteiger partial charge in [-0.25, -0.2) is 4.39 Å². The van der Waals surface area contributed by atoms with E-state index in [1.807, 2.05) is 0 Å². The molecule has 1 heterocycles. The zero-order valence-electron chi connectivity index (χ0n) is 8.09. The number of rotatable bonds is 2. The van der Waals surface area contributed by atoms with E-state index in [0.29, 0.717) is 0 Å². The standard InChI is InChI=1S/C10H10ClFO3/c1-14-9-7(11)3-2-6(8(9)12)10(13)4-15-5-10/h2-3,13H,4-5H2,1H3. The summed E-state index contributed by atoms with van der Waals surface area (Å²) in [5.41, 5.74) is -1.09. The average Bonchev–Trinajstić information content (AvgIpc) is 2.15. The Labute approximate surface area is 91.4 Å². The van der Waals surface area contributed by atoms with Gasteiger partial charge in [0.25, 0.3) is 0 Å². The molecular weight excluding hydrogens is 223 g/mol. The van der Waals surface area contributed by atoms with Gasteiger partial charge in [-0.15, -0.1) is 0 Å². The summed E-state index contributed by atoms with van der Waals surface area (Å²) in [5.74, 6) is -0.676. The number of methoxy groups -OCH3 is 1. The lowest BCUT2D eigenvalue weighted by Crippen LogP contribution is -2.47. The van der Waals surface area contributed by atoms with Crippen molar-refractivity contribution in [3.8, 4) is 5.75 Å². The topological polar surface area (TPSA) is 38.7 Å². The van der Waals surface area contributed by atoms with Crippen LogP contribution in [0.15, 0.2) is 12.1 Å². The summed E-state index contributed by atoms with van der Waals surface area (Å²) in [5, 5.41) is 10.1. The Kier molecular flexibility index (Phi) is 2.58. The van der Waals surface area contributed by atoms with Gasteiger partial charge in [-0.2, -0.15) is 0 Å². The highest BCUT2D eigenvalue weighted by molar-refractivity contribution is 6.32. The van der Waals surface area contributed by atoms with E-state index in [1.54, 1.807) is 0 Å².